The van der Waals surface area contributed by atoms with Crippen molar-refractivity contribution in [2.24, 2.45) is 0 Å². The van der Waals surface area contributed by atoms with Crippen LogP contribution in [0.15, 0.2) is 18.2 Å². The molecule has 6 heteroatoms. The van der Waals surface area contributed by atoms with Gasteiger partial charge < -0.3 is 9.84 Å². The van der Waals surface area contributed by atoms with E-state index in [1.807, 2.05) is 0 Å². The van der Waals surface area contributed by atoms with Crippen LogP contribution in [0.5, 0.6) is 5.75 Å². The van der Waals surface area contributed by atoms with Gasteiger partial charge in [-0.2, -0.15) is 13.2 Å². The third kappa shape index (κ3) is 4.22. The number of hydrogen-bond donors (Lipinski definition) is 1. The van der Waals surface area contributed by atoms with Gasteiger partial charge in [0.2, 0.25) is 0 Å². The van der Waals surface area contributed by atoms with Crippen molar-refractivity contribution in [3.8, 4) is 5.75 Å². The van der Waals surface area contributed by atoms with E-state index in [0.717, 1.165) is 6.07 Å². The Morgan fingerprint density at radius 3 is 2.47 bits per heavy atom. The molecule has 1 atom stereocenters. The van der Waals surface area contributed by atoms with Crippen molar-refractivity contribution in [3.05, 3.63) is 29.6 Å². The van der Waals surface area contributed by atoms with Gasteiger partial charge in [-0.15, -0.1) is 0 Å². The number of rotatable bonds is 4. The topological polar surface area (TPSA) is 29.5 Å². The normalized spacial score (nSPS) is 13.5. The van der Waals surface area contributed by atoms with Gasteiger partial charge >= 0.3 is 6.18 Å². The predicted octanol–water partition coefficient (Wildman–Crippen LogP) is 3.21. The Morgan fingerprint density at radius 2 is 2.00 bits per heavy atom. The van der Waals surface area contributed by atoms with Gasteiger partial charge in [-0.25, -0.2) is 4.39 Å². The summed E-state index contributed by atoms with van der Waals surface area (Å²) in [6.07, 6.45) is -7.54. The molecular weight excluding hydrogens is 240 g/mol. The molecular formula is C11H12F4O2. The smallest absolute Gasteiger partial charge is 0.389 e. The van der Waals surface area contributed by atoms with E-state index >= 15 is 0 Å². The monoisotopic (exact) mass is 252 g/mol. The van der Waals surface area contributed by atoms with E-state index in [2.05, 4.69) is 0 Å². The third-order valence-corrected chi connectivity index (χ3v) is 2.27. The van der Waals surface area contributed by atoms with E-state index in [9.17, 15) is 22.7 Å². The maximum atomic E-state index is 13.4. The molecule has 17 heavy (non-hydrogen) atoms. The van der Waals surface area contributed by atoms with Crippen LogP contribution >= 0.6 is 0 Å². The lowest BCUT2D eigenvalue weighted by molar-refractivity contribution is -0.140. The molecule has 0 radical (unpaired) electrons. The molecule has 96 valence electrons. The highest BCUT2D eigenvalue weighted by Gasteiger charge is 2.28. The number of aliphatic hydroxyl groups is 1. The van der Waals surface area contributed by atoms with Gasteiger partial charge in [0, 0.05) is 18.1 Å². The summed E-state index contributed by atoms with van der Waals surface area (Å²) in [4.78, 5) is 0. The first-order valence-electron chi connectivity index (χ1n) is 4.92. The second-order valence-corrected chi connectivity index (χ2v) is 3.56. The standard InChI is InChI=1S/C11H12F4O2/c1-17-7-2-3-8(9(12)6-7)10(16)4-5-11(13,14)15/h2-3,6,10,16H,4-5H2,1H3. The van der Waals surface area contributed by atoms with Crippen molar-refractivity contribution in [3.63, 3.8) is 0 Å². The first-order valence-corrected chi connectivity index (χ1v) is 4.92. The minimum Gasteiger partial charge on any atom is -0.497 e. The zero-order chi connectivity index (χ0) is 13.1. The summed E-state index contributed by atoms with van der Waals surface area (Å²) in [5, 5.41) is 9.45. The number of ether oxygens (including phenoxy) is 1. The molecule has 0 aromatic heterocycles. The van der Waals surface area contributed by atoms with E-state index < -0.39 is 30.9 Å². The van der Waals surface area contributed by atoms with Gasteiger partial charge in [-0.3, -0.25) is 0 Å². The molecule has 1 N–H and O–H groups in total. The molecule has 0 aliphatic rings. The number of methoxy groups -OCH3 is 1. The second-order valence-electron chi connectivity index (χ2n) is 3.56. The first kappa shape index (κ1) is 13.8. The molecule has 1 aromatic carbocycles. The van der Waals surface area contributed by atoms with Crippen LogP contribution in [0.25, 0.3) is 0 Å². The number of alkyl halides is 3. The van der Waals surface area contributed by atoms with Crippen molar-refractivity contribution >= 4 is 0 Å². The molecule has 0 saturated carbocycles. The Bertz CT molecular complexity index is 376. The Labute approximate surface area is 95.8 Å². The highest BCUT2D eigenvalue weighted by molar-refractivity contribution is 5.30. The van der Waals surface area contributed by atoms with E-state index in [0.29, 0.717) is 0 Å². The summed E-state index contributed by atoms with van der Waals surface area (Å²) in [6.45, 7) is 0. The van der Waals surface area contributed by atoms with Crippen LogP contribution in [-0.4, -0.2) is 18.4 Å². The van der Waals surface area contributed by atoms with E-state index in [-0.39, 0.29) is 11.3 Å². The van der Waals surface area contributed by atoms with Gasteiger partial charge in [0.15, 0.2) is 0 Å². The van der Waals surface area contributed by atoms with Crippen LogP contribution in [0.1, 0.15) is 24.5 Å². The highest BCUT2D eigenvalue weighted by atomic mass is 19.4. The molecule has 0 bridgehead atoms. The first-order chi connectivity index (χ1) is 7.83. The lowest BCUT2D eigenvalue weighted by atomic mass is 10.0. The number of hydrogen-bond acceptors (Lipinski definition) is 2. The maximum Gasteiger partial charge on any atom is 0.389 e. The zero-order valence-electron chi connectivity index (χ0n) is 9.09. The van der Waals surface area contributed by atoms with Crippen molar-refractivity contribution in [2.45, 2.75) is 25.1 Å². The molecule has 0 saturated heterocycles. The van der Waals surface area contributed by atoms with Crippen LogP contribution in [0.3, 0.4) is 0 Å². The molecule has 0 aliphatic heterocycles. The van der Waals surface area contributed by atoms with Crippen molar-refractivity contribution in [1.29, 1.82) is 0 Å². The Kier molecular flexibility index (Phi) is 4.34. The van der Waals surface area contributed by atoms with Gasteiger partial charge in [0.25, 0.3) is 0 Å². The molecule has 1 unspecified atom stereocenters. The van der Waals surface area contributed by atoms with Crippen molar-refractivity contribution in [1.82, 2.24) is 0 Å². The SMILES string of the molecule is COc1ccc(C(O)CCC(F)(F)F)c(F)c1. The molecule has 0 fully saturated rings. The summed E-state index contributed by atoms with van der Waals surface area (Å²) < 4.78 is 53.9. The Hall–Kier alpha value is -1.30. The summed E-state index contributed by atoms with van der Waals surface area (Å²) in [6, 6.07) is 3.62. The Balaban J connectivity index is 2.72. The lowest BCUT2D eigenvalue weighted by Crippen LogP contribution is -2.10. The summed E-state index contributed by atoms with van der Waals surface area (Å²) in [5.41, 5.74) is -0.157. The van der Waals surface area contributed by atoms with Crippen LogP contribution < -0.4 is 4.74 Å². The van der Waals surface area contributed by atoms with Crippen LogP contribution in [-0.2, 0) is 0 Å². The second kappa shape index (κ2) is 5.35. The zero-order valence-corrected chi connectivity index (χ0v) is 9.09. The maximum absolute atomic E-state index is 13.4. The fourth-order valence-corrected chi connectivity index (χ4v) is 1.36. The molecule has 0 aliphatic carbocycles. The average molecular weight is 252 g/mol. The highest BCUT2D eigenvalue weighted by Crippen LogP contribution is 2.29. The van der Waals surface area contributed by atoms with Crippen LogP contribution in [0.4, 0.5) is 17.6 Å². The van der Waals surface area contributed by atoms with Crippen molar-refractivity contribution in [2.75, 3.05) is 7.11 Å². The summed E-state index contributed by atoms with van der Waals surface area (Å²) >= 11 is 0. The molecule has 1 aromatic rings. The third-order valence-electron chi connectivity index (χ3n) is 2.27. The van der Waals surface area contributed by atoms with Crippen LogP contribution in [0, 0.1) is 5.82 Å². The number of aliphatic hydroxyl groups excluding tert-OH is 1. The summed E-state index contributed by atoms with van der Waals surface area (Å²) in [5.74, 6) is -0.534. The average Bonchev–Trinajstić information content (AvgIpc) is 2.24. The van der Waals surface area contributed by atoms with Gasteiger partial charge in [-0.1, -0.05) is 0 Å². The van der Waals surface area contributed by atoms with E-state index in [4.69, 9.17) is 4.74 Å². The minimum atomic E-state index is -4.36. The van der Waals surface area contributed by atoms with E-state index in [1.54, 1.807) is 0 Å². The molecule has 1 rings (SSSR count). The quantitative estimate of drug-likeness (QED) is 0.834. The summed E-state index contributed by atoms with van der Waals surface area (Å²) in [7, 11) is 1.34. The largest absolute Gasteiger partial charge is 0.497 e. The minimum absolute atomic E-state index is 0.157. The fourth-order valence-electron chi connectivity index (χ4n) is 1.36. The number of halogens is 4. The molecule has 0 amide bonds. The predicted molar refractivity (Wildman–Crippen MR) is 53.2 cm³/mol. The van der Waals surface area contributed by atoms with Gasteiger partial charge in [0.1, 0.15) is 11.6 Å². The van der Waals surface area contributed by atoms with E-state index in [1.165, 1.54) is 19.2 Å². The van der Waals surface area contributed by atoms with Gasteiger partial charge in [0.05, 0.1) is 13.2 Å². The fraction of sp³-hybridized carbons (Fsp3) is 0.455. The Morgan fingerprint density at radius 1 is 1.35 bits per heavy atom. The van der Waals surface area contributed by atoms with Crippen LogP contribution in [0.2, 0.25) is 0 Å². The molecule has 2 nitrogen and oxygen atoms in total. The lowest BCUT2D eigenvalue weighted by Gasteiger charge is -2.13. The number of benzene rings is 1. The molecule has 0 heterocycles. The molecule has 0 spiro atoms. The van der Waals surface area contributed by atoms with Crippen molar-refractivity contribution < 1.29 is 27.4 Å². The van der Waals surface area contributed by atoms with Gasteiger partial charge in [-0.05, 0) is 18.6 Å².